The van der Waals surface area contributed by atoms with Crippen molar-refractivity contribution in [3.63, 3.8) is 0 Å². The molecule has 4 nitrogen and oxygen atoms in total. The van der Waals surface area contributed by atoms with Gasteiger partial charge in [0.05, 0.1) is 17.1 Å². The van der Waals surface area contributed by atoms with Crippen molar-refractivity contribution in [1.29, 1.82) is 0 Å². The minimum atomic E-state index is -0.0274. The van der Waals surface area contributed by atoms with Gasteiger partial charge in [0, 0.05) is 0 Å². The van der Waals surface area contributed by atoms with Crippen molar-refractivity contribution in [2.45, 2.75) is 25.4 Å². The van der Waals surface area contributed by atoms with Gasteiger partial charge in [0.15, 0.2) is 0 Å². The van der Waals surface area contributed by atoms with E-state index in [2.05, 4.69) is 5.32 Å². The highest BCUT2D eigenvalue weighted by molar-refractivity contribution is 5.82. The van der Waals surface area contributed by atoms with Gasteiger partial charge in [0.1, 0.15) is 17.6 Å². The Bertz CT molecular complexity index is 909. The molecule has 1 aliphatic heterocycles. The lowest BCUT2D eigenvalue weighted by Crippen LogP contribution is -2.19. The van der Waals surface area contributed by atoms with E-state index in [4.69, 9.17) is 9.15 Å². The van der Waals surface area contributed by atoms with Crippen LogP contribution in [0.4, 0.5) is 0 Å². The third-order valence-corrected chi connectivity index (χ3v) is 4.65. The normalized spacial score (nSPS) is 18.0. The van der Waals surface area contributed by atoms with Crippen LogP contribution >= 0.6 is 0 Å². The fourth-order valence-corrected chi connectivity index (χ4v) is 3.30. The second-order valence-electron chi connectivity index (χ2n) is 6.42. The average Bonchev–Trinajstić information content (AvgIpc) is 2.92. The molecule has 0 amide bonds. The van der Waals surface area contributed by atoms with Crippen LogP contribution in [0, 0.1) is 0 Å². The molecule has 4 heteroatoms. The summed E-state index contributed by atoms with van der Waals surface area (Å²) in [5.74, 6) is 0.733. The van der Waals surface area contributed by atoms with Gasteiger partial charge >= 0.3 is 0 Å². The zero-order chi connectivity index (χ0) is 17.1. The van der Waals surface area contributed by atoms with Gasteiger partial charge in [-0.2, -0.15) is 0 Å². The molecule has 0 radical (unpaired) electrons. The van der Waals surface area contributed by atoms with Crippen LogP contribution in [0.15, 0.2) is 64.0 Å². The Morgan fingerprint density at radius 3 is 2.80 bits per heavy atom. The van der Waals surface area contributed by atoms with Gasteiger partial charge < -0.3 is 14.5 Å². The van der Waals surface area contributed by atoms with Crippen LogP contribution in [0.25, 0.3) is 22.1 Å². The smallest absolute Gasteiger partial charge is 0.200 e. The first-order valence-corrected chi connectivity index (χ1v) is 8.79. The quantitative estimate of drug-likeness (QED) is 0.786. The third kappa shape index (κ3) is 3.44. The molecule has 0 saturated carbocycles. The average molecular weight is 335 g/mol. The Hall–Kier alpha value is -2.59. The molecule has 1 fully saturated rings. The Morgan fingerprint density at radius 1 is 1.04 bits per heavy atom. The van der Waals surface area contributed by atoms with E-state index in [0.29, 0.717) is 16.5 Å². The van der Waals surface area contributed by atoms with Crippen LogP contribution in [-0.4, -0.2) is 19.2 Å². The number of fused-ring (bicyclic) bond motifs is 1. The number of rotatable bonds is 3. The van der Waals surface area contributed by atoms with Crippen LogP contribution < -0.4 is 15.5 Å². The molecule has 1 unspecified atom stereocenters. The second-order valence-corrected chi connectivity index (χ2v) is 6.42. The summed E-state index contributed by atoms with van der Waals surface area (Å²) in [5, 5.41) is 3.94. The minimum Gasteiger partial charge on any atom is -0.490 e. The first-order valence-electron chi connectivity index (χ1n) is 8.79. The molecule has 25 heavy (non-hydrogen) atoms. The molecule has 1 saturated heterocycles. The highest BCUT2D eigenvalue weighted by atomic mass is 16.5. The highest BCUT2D eigenvalue weighted by Crippen LogP contribution is 2.24. The number of hydrogen-bond acceptors (Lipinski definition) is 4. The van der Waals surface area contributed by atoms with Gasteiger partial charge in [-0.1, -0.05) is 30.3 Å². The molecule has 2 aromatic carbocycles. The van der Waals surface area contributed by atoms with Gasteiger partial charge in [0.25, 0.3) is 0 Å². The van der Waals surface area contributed by atoms with Gasteiger partial charge in [-0.3, -0.25) is 4.79 Å². The van der Waals surface area contributed by atoms with E-state index in [1.54, 1.807) is 0 Å². The summed E-state index contributed by atoms with van der Waals surface area (Å²) in [6.07, 6.45) is 4.85. The van der Waals surface area contributed by atoms with Gasteiger partial charge in [-0.05, 0) is 56.1 Å². The highest BCUT2D eigenvalue weighted by Gasteiger charge is 2.15. The van der Waals surface area contributed by atoms with Crippen molar-refractivity contribution >= 4 is 11.0 Å². The summed E-state index contributed by atoms with van der Waals surface area (Å²) in [6.45, 7) is 2.01. The van der Waals surface area contributed by atoms with Crippen molar-refractivity contribution in [3.05, 3.63) is 65.0 Å². The number of benzene rings is 2. The van der Waals surface area contributed by atoms with Crippen LogP contribution in [0.3, 0.4) is 0 Å². The van der Waals surface area contributed by atoms with E-state index < -0.39 is 0 Å². The molecule has 4 rings (SSSR count). The van der Waals surface area contributed by atoms with Crippen molar-refractivity contribution < 1.29 is 9.15 Å². The largest absolute Gasteiger partial charge is 0.490 e. The molecular weight excluding hydrogens is 314 g/mol. The summed E-state index contributed by atoms with van der Waals surface area (Å²) in [7, 11) is 0. The predicted molar refractivity (Wildman–Crippen MR) is 99.1 cm³/mol. The summed E-state index contributed by atoms with van der Waals surface area (Å²) >= 11 is 0. The summed E-state index contributed by atoms with van der Waals surface area (Å²) in [4.78, 5) is 12.9. The summed E-state index contributed by atoms with van der Waals surface area (Å²) < 4.78 is 11.8. The molecule has 2 heterocycles. The fourth-order valence-electron chi connectivity index (χ4n) is 3.30. The molecule has 0 spiro atoms. The Balaban J connectivity index is 1.69. The van der Waals surface area contributed by atoms with Crippen LogP contribution in [0.2, 0.25) is 0 Å². The molecular formula is C21H21NO3. The van der Waals surface area contributed by atoms with Gasteiger partial charge in [0.2, 0.25) is 5.43 Å². The van der Waals surface area contributed by atoms with Crippen molar-refractivity contribution in [2.24, 2.45) is 0 Å². The first-order chi connectivity index (χ1) is 12.3. The molecule has 1 aliphatic rings. The van der Waals surface area contributed by atoms with Crippen LogP contribution in [0.1, 0.15) is 19.3 Å². The van der Waals surface area contributed by atoms with Crippen molar-refractivity contribution in [1.82, 2.24) is 5.32 Å². The lowest BCUT2D eigenvalue weighted by molar-refractivity contribution is 0.188. The second kappa shape index (κ2) is 7.11. The van der Waals surface area contributed by atoms with E-state index in [-0.39, 0.29) is 11.5 Å². The monoisotopic (exact) mass is 335 g/mol. The van der Waals surface area contributed by atoms with E-state index in [9.17, 15) is 4.79 Å². The molecule has 1 aromatic heterocycles. The number of hydrogen-bond donors (Lipinski definition) is 1. The first kappa shape index (κ1) is 15.9. The van der Waals surface area contributed by atoms with E-state index in [1.807, 2.05) is 48.5 Å². The zero-order valence-electron chi connectivity index (χ0n) is 14.0. The van der Waals surface area contributed by atoms with Crippen LogP contribution in [-0.2, 0) is 0 Å². The topological polar surface area (TPSA) is 51.5 Å². The van der Waals surface area contributed by atoms with Crippen molar-refractivity contribution in [3.8, 4) is 16.9 Å². The molecule has 0 aliphatic carbocycles. The van der Waals surface area contributed by atoms with Gasteiger partial charge in [-0.25, -0.2) is 0 Å². The minimum absolute atomic E-state index is 0.0274. The molecule has 0 bridgehead atoms. The lowest BCUT2D eigenvalue weighted by Gasteiger charge is -2.16. The van der Waals surface area contributed by atoms with Crippen LogP contribution in [0.5, 0.6) is 5.75 Å². The maximum absolute atomic E-state index is 12.9. The molecule has 128 valence electrons. The van der Waals surface area contributed by atoms with E-state index in [1.165, 1.54) is 6.26 Å². The van der Waals surface area contributed by atoms with Crippen molar-refractivity contribution in [2.75, 3.05) is 13.1 Å². The lowest BCUT2D eigenvalue weighted by atomic mass is 10.1. The number of ether oxygens (including phenoxy) is 1. The fraction of sp³-hybridized carbons (Fsp3) is 0.286. The Labute approximate surface area is 146 Å². The SMILES string of the molecule is O=c1c(-c2ccccc2)coc2ccc(OC3CCCNCC3)cc12. The standard InChI is InChI=1S/C21H21NO3/c23-21-18-13-17(25-16-7-4-11-22-12-10-16)8-9-20(18)24-14-19(21)15-5-2-1-3-6-15/h1-3,5-6,8-9,13-14,16,22H,4,7,10-12H2. The third-order valence-electron chi connectivity index (χ3n) is 4.65. The molecule has 1 N–H and O–H groups in total. The predicted octanol–water partition coefficient (Wildman–Crippen LogP) is 3.98. The van der Waals surface area contributed by atoms with Gasteiger partial charge in [-0.15, -0.1) is 0 Å². The summed E-state index contributed by atoms with van der Waals surface area (Å²) in [5.41, 5.74) is 1.99. The maximum Gasteiger partial charge on any atom is 0.200 e. The molecule has 1 atom stereocenters. The summed E-state index contributed by atoms with van der Waals surface area (Å²) in [6, 6.07) is 15.1. The van der Waals surface area contributed by atoms with E-state index >= 15 is 0 Å². The van der Waals surface area contributed by atoms with E-state index in [0.717, 1.165) is 43.7 Å². The maximum atomic E-state index is 12.9. The Kier molecular flexibility index (Phi) is 4.53. The molecule has 3 aromatic rings. The Morgan fingerprint density at radius 2 is 1.92 bits per heavy atom. The number of nitrogens with one attached hydrogen (secondary N) is 1. The zero-order valence-corrected chi connectivity index (χ0v) is 14.0.